The van der Waals surface area contributed by atoms with E-state index in [0.29, 0.717) is 5.57 Å². The molecule has 1 aliphatic heterocycles. The maximum atomic E-state index is 9.83. The molecule has 154 valence electrons. The Morgan fingerprint density at radius 1 is 0.606 bits per heavy atom. The molecule has 2 aliphatic rings. The Kier molecular flexibility index (Phi) is 4.20. The molecule has 0 amide bonds. The first-order valence-corrected chi connectivity index (χ1v) is 11.1. The van der Waals surface area contributed by atoms with E-state index in [4.69, 9.17) is 12.8 Å². The Balaban J connectivity index is 1.89. The van der Waals surface area contributed by atoms with Gasteiger partial charge in [0, 0.05) is 5.57 Å². The van der Waals surface area contributed by atoms with Crippen molar-refractivity contribution in [1.82, 2.24) is 0 Å². The minimum Gasteiger partial charge on any atom is -0.287 e. The number of allylic oxidation sites excluding steroid dienone is 1. The molecule has 0 atom stereocenters. The number of nitriles is 2. The first kappa shape index (κ1) is 19.4. The molecule has 0 unspecified atom stereocenters. The molecule has 4 aromatic carbocycles. The van der Waals surface area contributed by atoms with E-state index < -0.39 is 5.41 Å². The van der Waals surface area contributed by atoms with Crippen molar-refractivity contribution < 1.29 is 0 Å². The number of benzene rings is 4. The number of hydrogen-bond acceptors (Lipinski definition) is 4. The third-order valence-electron chi connectivity index (χ3n) is 6.75. The zero-order chi connectivity index (χ0) is 22.6. The quantitative estimate of drug-likeness (QED) is 0.220. The van der Waals surface area contributed by atoms with Gasteiger partial charge in [-0.05, 0) is 45.5 Å². The van der Waals surface area contributed by atoms with E-state index in [0.717, 1.165) is 44.8 Å². The van der Waals surface area contributed by atoms with Crippen molar-refractivity contribution in [3.05, 3.63) is 136 Å². The second kappa shape index (κ2) is 7.14. The average Bonchev–Trinajstić information content (AvgIpc) is 2.88. The van der Waals surface area contributed by atoms with Crippen LogP contribution in [0.3, 0.4) is 0 Å². The molecule has 0 saturated heterocycles. The van der Waals surface area contributed by atoms with E-state index in [1.54, 1.807) is 0 Å². The van der Waals surface area contributed by atoms with E-state index in [9.17, 15) is 10.5 Å². The van der Waals surface area contributed by atoms with Crippen LogP contribution in [0.15, 0.2) is 103 Å². The first-order chi connectivity index (χ1) is 16.2. The van der Waals surface area contributed by atoms with Crippen molar-refractivity contribution in [3.63, 3.8) is 0 Å². The fourth-order valence-corrected chi connectivity index (χ4v) is 5.91. The summed E-state index contributed by atoms with van der Waals surface area (Å²) in [5, 5.41) is 19.7. The monoisotopic (exact) mass is 439 g/mol. The lowest BCUT2D eigenvalue weighted by molar-refractivity contribution is 0.723. The molecule has 0 fully saturated rings. The molecule has 1 heterocycles. The van der Waals surface area contributed by atoms with E-state index in [2.05, 4.69) is 60.7 Å². The standard InChI is InChI=1S/C29H17N3S/c30-17-19(18-31)28-20-9-1-3-11-22(20)29(23-12-4-2-10-21(23)28)24-13-5-7-15-26(24)32(33)27-16-8-6-14-25(27)29/h1-16,33H. The van der Waals surface area contributed by atoms with Gasteiger partial charge < -0.3 is 0 Å². The predicted octanol–water partition coefficient (Wildman–Crippen LogP) is 6.53. The molecule has 0 saturated carbocycles. The van der Waals surface area contributed by atoms with Crippen LogP contribution >= 0.6 is 12.8 Å². The van der Waals surface area contributed by atoms with E-state index in [-0.39, 0.29) is 5.57 Å². The minimum atomic E-state index is -0.612. The van der Waals surface area contributed by atoms with Crippen LogP contribution in [0, 0.1) is 22.7 Å². The molecular formula is C29H17N3S. The molecule has 0 bridgehead atoms. The molecular weight excluding hydrogens is 422 g/mol. The van der Waals surface area contributed by atoms with Crippen LogP contribution < -0.4 is 4.31 Å². The number of thiol groups is 1. The highest BCUT2D eigenvalue weighted by Gasteiger charge is 2.50. The van der Waals surface area contributed by atoms with Crippen LogP contribution in [0.5, 0.6) is 0 Å². The molecule has 1 aliphatic carbocycles. The van der Waals surface area contributed by atoms with Crippen molar-refractivity contribution in [2.75, 3.05) is 4.31 Å². The molecule has 6 rings (SSSR count). The van der Waals surface area contributed by atoms with Crippen LogP contribution in [0.4, 0.5) is 11.4 Å². The molecule has 33 heavy (non-hydrogen) atoms. The zero-order valence-corrected chi connectivity index (χ0v) is 18.4. The molecule has 4 aromatic rings. The van der Waals surface area contributed by atoms with Gasteiger partial charge in [-0.1, -0.05) is 97.7 Å². The number of rotatable bonds is 0. The summed E-state index contributed by atoms with van der Waals surface area (Å²) in [6.45, 7) is 0. The highest BCUT2D eigenvalue weighted by atomic mass is 32.1. The summed E-state index contributed by atoms with van der Waals surface area (Å²) < 4.78 is 1.95. The van der Waals surface area contributed by atoms with Gasteiger partial charge in [-0.3, -0.25) is 4.31 Å². The van der Waals surface area contributed by atoms with Crippen molar-refractivity contribution in [3.8, 4) is 12.1 Å². The van der Waals surface area contributed by atoms with Gasteiger partial charge in [0.15, 0.2) is 0 Å². The molecule has 1 spiro atoms. The lowest BCUT2D eigenvalue weighted by atomic mass is 9.57. The van der Waals surface area contributed by atoms with Crippen LogP contribution in [-0.2, 0) is 5.41 Å². The van der Waals surface area contributed by atoms with Gasteiger partial charge in [0.1, 0.15) is 17.7 Å². The third kappa shape index (κ3) is 2.39. The largest absolute Gasteiger partial charge is 0.287 e. The molecule has 0 N–H and O–H groups in total. The van der Waals surface area contributed by atoms with E-state index >= 15 is 0 Å². The Bertz CT molecular complexity index is 1450. The fraction of sp³-hybridized carbons (Fsp3) is 0.0345. The van der Waals surface area contributed by atoms with E-state index in [1.807, 2.05) is 52.8 Å². The Morgan fingerprint density at radius 3 is 1.45 bits per heavy atom. The minimum absolute atomic E-state index is 0.123. The van der Waals surface area contributed by atoms with Gasteiger partial charge in [-0.2, -0.15) is 10.5 Å². The van der Waals surface area contributed by atoms with Gasteiger partial charge in [-0.15, -0.1) is 0 Å². The molecule has 0 aromatic heterocycles. The summed E-state index contributed by atoms with van der Waals surface area (Å²) in [6, 6.07) is 37.2. The summed E-state index contributed by atoms with van der Waals surface area (Å²) in [5.41, 5.74) is 8.40. The number of hydrogen-bond donors (Lipinski definition) is 1. The van der Waals surface area contributed by atoms with Crippen molar-refractivity contribution in [2.24, 2.45) is 0 Å². The van der Waals surface area contributed by atoms with Crippen molar-refractivity contribution in [2.45, 2.75) is 5.41 Å². The predicted molar refractivity (Wildman–Crippen MR) is 133 cm³/mol. The summed E-state index contributed by atoms with van der Waals surface area (Å²) in [6.07, 6.45) is 0. The Morgan fingerprint density at radius 2 is 1.00 bits per heavy atom. The lowest BCUT2D eigenvalue weighted by Crippen LogP contribution is -2.40. The summed E-state index contributed by atoms with van der Waals surface area (Å²) in [4.78, 5) is 0. The van der Waals surface area contributed by atoms with Gasteiger partial charge in [-0.25, -0.2) is 0 Å². The van der Waals surface area contributed by atoms with Crippen LogP contribution in [0.1, 0.15) is 33.4 Å². The number of anilines is 2. The van der Waals surface area contributed by atoms with Crippen molar-refractivity contribution in [1.29, 1.82) is 10.5 Å². The third-order valence-corrected chi connectivity index (χ3v) is 7.18. The lowest BCUT2D eigenvalue weighted by Gasteiger charge is -2.48. The fourth-order valence-electron chi connectivity index (χ4n) is 5.56. The smallest absolute Gasteiger partial charge is 0.138 e. The van der Waals surface area contributed by atoms with Crippen LogP contribution in [0.2, 0.25) is 0 Å². The first-order valence-electron chi connectivity index (χ1n) is 10.7. The van der Waals surface area contributed by atoms with Gasteiger partial charge in [0.25, 0.3) is 0 Å². The highest BCUT2D eigenvalue weighted by Crippen LogP contribution is 2.60. The SMILES string of the molecule is N#CC(C#N)=C1c2ccccc2C2(c3ccccc31)c1ccccc1N(S)c1ccccc12. The maximum Gasteiger partial charge on any atom is 0.138 e. The number of para-hydroxylation sites is 2. The van der Waals surface area contributed by atoms with E-state index in [1.165, 1.54) is 0 Å². The highest BCUT2D eigenvalue weighted by molar-refractivity contribution is 7.82. The Labute approximate surface area is 198 Å². The molecule has 0 radical (unpaired) electrons. The summed E-state index contributed by atoms with van der Waals surface area (Å²) in [5.74, 6) is 0. The average molecular weight is 440 g/mol. The summed E-state index contributed by atoms with van der Waals surface area (Å²) >= 11 is 4.88. The van der Waals surface area contributed by atoms with Crippen LogP contribution in [0.25, 0.3) is 5.57 Å². The zero-order valence-electron chi connectivity index (χ0n) is 17.5. The topological polar surface area (TPSA) is 50.8 Å². The normalized spacial score (nSPS) is 14.3. The number of nitrogens with zero attached hydrogens (tertiary/aromatic N) is 3. The van der Waals surface area contributed by atoms with Crippen LogP contribution in [-0.4, -0.2) is 0 Å². The van der Waals surface area contributed by atoms with Gasteiger partial charge in [0.2, 0.25) is 0 Å². The van der Waals surface area contributed by atoms with Gasteiger partial charge in [0.05, 0.1) is 16.8 Å². The Hall–Kier alpha value is -4.25. The second-order valence-electron chi connectivity index (χ2n) is 8.16. The van der Waals surface area contributed by atoms with Crippen molar-refractivity contribution >= 4 is 29.8 Å². The van der Waals surface area contributed by atoms with Gasteiger partial charge >= 0.3 is 0 Å². The second-order valence-corrected chi connectivity index (χ2v) is 8.56. The number of fused-ring (bicyclic) bond motifs is 8. The molecule has 3 nitrogen and oxygen atoms in total. The molecule has 4 heteroatoms. The maximum absolute atomic E-state index is 9.83. The summed E-state index contributed by atoms with van der Waals surface area (Å²) in [7, 11) is 0.